The molecule has 108 valence electrons. The Labute approximate surface area is 116 Å². The van der Waals surface area contributed by atoms with Crippen LogP contribution in [0.2, 0.25) is 0 Å². The molecule has 0 spiro atoms. The summed E-state index contributed by atoms with van der Waals surface area (Å²) < 4.78 is 0. The number of nitro benzene ring substituents is 1. The second kappa shape index (κ2) is 6.33. The number of hydrazine groups is 1. The predicted molar refractivity (Wildman–Crippen MR) is 75.2 cm³/mol. The topological polar surface area (TPSA) is 110 Å². The lowest BCUT2D eigenvalue weighted by molar-refractivity contribution is -0.384. The molecule has 0 saturated heterocycles. The molecule has 0 atom stereocenters. The Balaban J connectivity index is 2.20. The number of nitrogens with two attached hydrogens (primary N) is 1. The molecule has 0 aromatic heterocycles. The van der Waals surface area contributed by atoms with Crippen molar-refractivity contribution in [1.29, 1.82) is 0 Å². The average Bonchev–Trinajstić information content (AvgIpc) is 2.47. The summed E-state index contributed by atoms with van der Waals surface area (Å²) >= 11 is 0. The van der Waals surface area contributed by atoms with Crippen LogP contribution in [0.3, 0.4) is 0 Å². The molecule has 7 heteroatoms. The Morgan fingerprint density at radius 1 is 1.30 bits per heavy atom. The van der Waals surface area contributed by atoms with Crippen molar-refractivity contribution in [3.63, 3.8) is 0 Å². The molecule has 2 rings (SSSR count). The number of nitro groups is 1. The molecule has 1 amide bonds. The first-order chi connectivity index (χ1) is 9.63. The van der Waals surface area contributed by atoms with Gasteiger partial charge in [-0.15, -0.1) is 0 Å². The number of carbonyl (C=O) groups is 1. The molecule has 0 radical (unpaired) electrons. The number of nitrogen functional groups attached to an aromatic ring is 1. The normalized spacial score (nSPS) is 15.7. The third-order valence-electron chi connectivity index (χ3n) is 3.57. The fourth-order valence-corrected chi connectivity index (χ4v) is 2.54. The van der Waals surface area contributed by atoms with E-state index in [2.05, 4.69) is 10.7 Å². The molecule has 20 heavy (non-hydrogen) atoms. The third-order valence-corrected chi connectivity index (χ3v) is 3.57. The van der Waals surface area contributed by atoms with E-state index in [0.29, 0.717) is 0 Å². The van der Waals surface area contributed by atoms with Gasteiger partial charge in [-0.1, -0.05) is 25.3 Å². The van der Waals surface area contributed by atoms with Crippen molar-refractivity contribution >= 4 is 17.3 Å². The van der Waals surface area contributed by atoms with Crippen molar-refractivity contribution < 1.29 is 9.72 Å². The maximum absolute atomic E-state index is 12.2. The molecule has 0 heterocycles. The summed E-state index contributed by atoms with van der Waals surface area (Å²) in [5.41, 5.74) is 2.30. The zero-order valence-corrected chi connectivity index (χ0v) is 11.1. The van der Waals surface area contributed by atoms with E-state index in [1.54, 1.807) is 0 Å². The summed E-state index contributed by atoms with van der Waals surface area (Å²) in [4.78, 5) is 22.6. The van der Waals surface area contributed by atoms with Gasteiger partial charge < -0.3 is 10.7 Å². The summed E-state index contributed by atoms with van der Waals surface area (Å²) in [6.45, 7) is 0. The van der Waals surface area contributed by atoms with Crippen molar-refractivity contribution in [1.82, 2.24) is 5.32 Å². The molecule has 0 unspecified atom stereocenters. The van der Waals surface area contributed by atoms with Crippen LogP contribution in [-0.2, 0) is 0 Å². The molecule has 7 nitrogen and oxygen atoms in total. The number of amides is 1. The monoisotopic (exact) mass is 278 g/mol. The van der Waals surface area contributed by atoms with Gasteiger partial charge in [0.2, 0.25) is 0 Å². The van der Waals surface area contributed by atoms with Gasteiger partial charge in [0.15, 0.2) is 0 Å². The Bertz CT molecular complexity index is 512. The van der Waals surface area contributed by atoms with Crippen LogP contribution in [0.15, 0.2) is 18.2 Å². The quantitative estimate of drug-likeness (QED) is 0.443. The summed E-state index contributed by atoms with van der Waals surface area (Å²) in [6, 6.07) is 4.46. The third kappa shape index (κ3) is 3.05. The number of rotatable bonds is 4. The Hall–Kier alpha value is -2.15. The fourth-order valence-electron chi connectivity index (χ4n) is 2.54. The van der Waals surface area contributed by atoms with E-state index in [4.69, 9.17) is 5.84 Å². The first kappa shape index (κ1) is 14.3. The lowest BCUT2D eigenvalue weighted by Crippen LogP contribution is -2.36. The van der Waals surface area contributed by atoms with Gasteiger partial charge in [0.25, 0.3) is 11.6 Å². The van der Waals surface area contributed by atoms with Crippen LogP contribution >= 0.6 is 0 Å². The molecular weight excluding hydrogens is 260 g/mol. The Morgan fingerprint density at radius 2 is 2.00 bits per heavy atom. The van der Waals surface area contributed by atoms with Gasteiger partial charge in [0, 0.05) is 12.1 Å². The van der Waals surface area contributed by atoms with E-state index < -0.39 is 4.92 Å². The SMILES string of the molecule is NNc1c(C(=O)NC2CCCCC2)cccc1[N+](=O)[O-]. The zero-order chi connectivity index (χ0) is 14.5. The van der Waals surface area contributed by atoms with Crippen LogP contribution in [0.4, 0.5) is 11.4 Å². The highest BCUT2D eigenvalue weighted by Crippen LogP contribution is 2.27. The maximum Gasteiger partial charge on any atom is 0.294 e. The summed E-state index contributed by atoms with van der Waals surface area (Å²) in [5.74, 6) is 5.00. The van der Waals surface area contributed by atoms with E-state index in [1.807, 2.05) is 0 Å². The highest BCUT2D eigenvalue weighted by Gasteiger charge is 2.23. The minimum absolute atomic E-state index is 0.0470. The maximum atomic E-state index is 12.2. The van der Waals surface area contributed by atoms with E-state index in [9.17, 15) is 14.9 Å². The zero-order valence-electron chi connectivity index (χ0n) is 11.1. The Kier molecular flexibility index (Phi) is 4.52. The number of anilines is 1. The van der Waals surface area contributed by atoms with E-state index in [1.165, 1.54) is 24.6 Å². The summed E-state index contributed by atoms with van der Waals surface area (Å²) in [6.07, 6.45) is 5.29. The van der Waals surface area contributed by atoms with E-state index in [-0.39, 0.29) is 28.9 Å². The van der Waals surface area contributed by atoms with Gasteiger partial charge in [-0.25, -0.2) is 0 Å². The van der Waals surface area contributed by atoms with Crippen LogP contribution in [0.1, 0.15) is 42.5 Å². The first-order valence-corrected chi connectivity index (χ1v) is 6.68. The molecule has 1 aromatic rings. The number of nitrogens with zero attached hydrogens (tertiary/aromatic N) is 1. The molecule has 1 fully saturated rings. The lowest BCUT2D eigenvalue weighted by Gasteiger charge is -2.23. The molecular formula is C13H18N4O3. The second-order valence-corrected chi connectivity index (χ2v) is 4.91. The van der Waals surface area contributed by atoms with Crippen molar-refractivity contribution in [2.75, 3.05) is 5.43 Å². The number of hydrogen-bond acceptors (Lipinski definition) is 5. The number of hydrogen-bond donors (Lipinski definition) is 3. The summed E-state index contributed by atoms with van der Waals surface area (Å²) in [5, 5.41) is 13.8. The van der Waals surface area contributed by atoms with Crippen LogP contribution in [0.5, 0.6) is 0 Å². The van der Waals surface area contributed by atoms with Crippen molar-refractivity contribution in [2.45, 2.75) is 38.1 Å². The van der Waals surface area contributed by atoms with E-state index in [0.717, 1.165) is 25.7 Å². The first-order valence-electron chi connectivity index (χ1n) is 6.68. The van der Waals surface area contributed by atoms with Gasteiger partial charge in [-0.05, 0) is 18.9 Å². The highest BCUT2D eigenvalue weighted by atomic mass is 16.6. The molecule has 1 aliphatic carbocycles. The van der Waals surface area contributed by atoms with Gasteiger partial charge in [-0.3, -0.25) is 20.8 Å². The summed E-state index contributed by atoms with van der Waals surface area (Å²) in [7, 11) is 0. The number of carbonyl (C=O) groups excluding carboxylic acids is 1. The average molecular weight is 278 g/mol. The fraction of sp³-hybridized carbons (Fsp3) is 0.462. The second-order valence-electron chi connectivity index (χ2n) is 4.91. The lowest BCUT2D eigenvalue weighted by atomic mass is 9.95. The molecule has 0 bridgehead atoms. The van der Waals surface area contributed by atoms with Crippen LogP contribution in [0.25, 0.3) is 0 Å². The highest BCUT2D eigenvalue weighted by molar-refractivity contribution is 6.01. The Morgan fingerprint density at radius 3 is 2.60 bits per heavy atom. The van der Waals surface area contributed by atoms with Gasteiger partial charge in [0.1, 0.15) is 5.69 Å². The van der Waals surface area contributed by atoms with Gasteiger partial charge in [0.05, 0.1) is 10.5 Å². The minimum atomic E-state index is -0.563. The number of nitrogens with one attached hydrogen (secondary N) is 2. The van der Waals surface area contributed by atoms with E-state index >= 15 is 0 Å². The standard InChI is InChI=1S/C13H18N4O3/c14-16-12-10(7-4-8-11(12)17(19)20)13(18)15-9-5-2-1-3-6-9/h4,7-9,16H,1-3,5-6,14H2,(H,15,18). The van der Waals surface area contributed by atoms with Crippen molar-refractivity contribution in [2.24, 2.45) is 5.84 Å². The molecule has 1 aromatic carbocycles. The van der Waals surface area contributed by atoms with Crippen LogP contribution in [-0.4, -0.2) is 16.9 Å². The minimum Gasteiger partial charge on any atom is -0.349 e. The van der Waals surface area contributed by atoms with Crippen LogP contribution < -0.4 is 16.6 Å². The van der Waals surface area contributed by atoms with Crippen LogP contribution in [0, 0.1) is 10.1 Å². The number of benzene rings is 1. The number of para-hydroxylation sites is 1. The molecule has 1 saturated carbocycles. The molecule has 1 aliphatic rings. The predicted octanol–water partition coefficient (Wildman–Crippen LogP) is 1.94. The van der Waals surface area contributed by atoms with Crippen molar-refractivity contribution in [3.8, 4) is 0 Å². The largest absolute Gasteiger partial charge is 0.349 e. The smallest absolute Gasteiger partial charge is 0.294 e. The molecule has 0 aliphatic heterocycles. The van der Waals surface area contributed by atoms with Gasteiger partial charge in [-0.2, -0.15) is 0 Å². The molecule has 4 N–H and O–H groups in total. The van der Waals surface area contributed by atoms with Gasteiger partial charge >= 0.3 is 0 Å². The van der Waals surface area contributed by atoms with Crippen molar-refractivity contribution in [3.05, 3.63) is 33.9 Å².